The van der Waals surface area contributed by atoms with E-state index in [0.717, 1.165) is 25.7 Å². The second-order valence-corrected chi connectivity index (χ2v) is 8.16. The maximum atomic E-state index is 12.5. The van der Waals surface area contributed by atoms with Crippen LogP contribution in [0.1, 0.15) is 48.9 Å². The predicted octanol–water partition coefficient (Wildman–Crippen LogP) is 1.75. The van der Waals surface area contributed by atoms with E-state index in [4.69, 9.17) is 4.42 Å². The number of likely N-dealkylation sites (tertiary alicyclic amines) is 1. The maximum Gasteiger partial charge on any atom is 0.257 e. The molecule has 1 atom stereocenters. The highest BCUT2D eigenvalue weighted by Gasteiger charge is 2.34. The van der Waals surface area contributed by atoms with Gasteiger partial charge in [-0.2, -0.15) is 0 Å². The van der Waals surface area contributed by atoms with Crippen LogP contribution >= 0.6 is 0 Å². The van der Waals surface area contributed by atoms with Crippen LogP contribution < -0.4 is 4.72 Å². The highest BCUT2D eigenvalue weighted by molar-refractivity contribution is 7.90. The highest BCUT2D eigenvalue weighted by atomic mass is 32.2. The van der Waals surface area contributed by atoms with E-state index < -0.39 is 15.3 Å². The Morgan fingerprint density at radius 1 is 1.23 bits per heavy atom. The lowest BCUT2D eigenvalue weighted by atomic mass is 10.1. The molecule has 0 unspecified atom stereocenters. The molecule has 2 fully saturated rings. The van der Waals surface area contributed by atoms with Gasteiger partial charge in [0.15, 0.2) is 0 Å². The lowest BCUT2D eigenvalue weighted by Crippen LogP contribution is -2.49. The van der Waals surface area contributed by atoms with Crippen LogP contribution in [0.2, 0.25) is 0 Å². The van der Waals surface area contributed by atoms with Crippen LogP contribution in [0.15, 0.2) is 23.0 Å². The summed E-state index contributed by atoms with van der Waals surface area (Å²) in [5, 5.41) is -0.516. The first-order chi connectivity index (χ1) is 10.6. The van der Waals surface area contributed by atoms with Crippen LogP contribution in [-0.2, 0) is 10.0 Å². The van der Waals surface area contributed by atoms with Crippen molar-refractivity contribution >= 4 is 15.9 Å². The maximum absolute atomic E-state index is 12.5. The van der Waals surface area contributed by atoms with Crippen LogP contribution in [0.3, 0.4) is 0 Å². The van der Waals surface area contributed by atoms with Gasteiger partial charge in [-0.05, 0) is 31.7 Å². The van der Waals surface area contributed by atoms with E-state index in [1.54, 1.807) is 11.0 Å². The number of hydrogen-bond donors (Lipinski definition) is 1. The highest BCUT2D eigenvalue weighted by Crippen LogP contribution is 2.23. The first-order valence-corrected chi connectivity index (χ1v) is 9.43. The summed E-state index contributed by atoms with van der Waals surface area (Å²) >= 11 is 0. The zero-order valence-electron chi connectivity index (χ0n) is 12.5. The van der Waals surface area contributed by atoms with E-state index in [1.165, 1.54) is 12.5 Å². The molecule has 1 aliphatic heterocycles. The molecular weight excluding hydrogens is 304 g/mol. The summed E-state index contributed by atoms with van der Waals surface area (Å²) in [7, 11) is -3.37. The molecule has 122 valence electrons. The summed E-state index contributed by atoms with van der Waals surface area (Å²) < 4.78 is 32.8. The summed E-state index contributed by atoms with van der Waals surface area (Å²) in [5.41, 5.74) is 0.474. The number of nitrogens with zero attached hydrogens (tertiary/aromatic N) is 1. The van der Waals surface area contributed by atoms with Gasteiger partial charge in [-0.25, -0.2) is 13.1 Å². The third kappa shape index (κ3) is 3.35. The molecule has 0 radical (unpaired) electrons. The van der Waals surface area contributed by atoms with Crippen molar-refractivity contribution in [3.63, 3.8) is 0 Å². The average molecular weight is 326 g/mol. The van der Waals surface area contributed by atoms with Gasteiger partial charge in [0.05, 0.1) is 17.1 Å². The number of sulfonamides is 1. The van der Waals surface area contributed by atoms with E-state index in [2.05, 4.69) is 4.72 Å². The van der Waals surface area contributed by atoms with Gasteiger partial charge < -0.3 is 9.32 Å². The van der Waals surface area contributed by atoms with E-state index in [1.807, 2.05) is 0 Å². The summed E-state index contributed by atoms with van der Waals surface area (Å²) in [4.78, 5) is 13.9. The Balaban J connectivity index is 1.65. The van der Waals surface area contributed by atoms with Gasteiger partial charge in [0, 0.05) is 19.1 Å². The van der Waals surface area contributed by atoms with E-state index in [-0.39, 0.29) is 18.5 Å². The molecule has 1 N–H and O–H groups in total. The zero-order chi connectivity index (χ0) is 15.6. The average Bonchev–Trinajstić information content (AvgIpc) is 3.19. The lowest BCUT2D eigenvalue weighted by Gasteiger charge is -2.32. The van der Waals surface area contributed by atoms with Gasteiger partial charge in [0.25, 0.3) is 5.91 Å². The molecule has 0 bridgehead atoms. The minimum Gasteiger partial charge on any atom is -0.472 e. The SMILES string of the molecule is O=C(c1ccoc1)N1CCC[C@H](S(=O)(=O)NC2CCCC2)C1. The van der Waals surface area contributed by atoms with Crippen molar-refractivity contribution in [2.24, 2.45) is 0 Å². The molecule has 22 heavy (non-hydrogen) atoms. The van der Waals surface area contributed by atoms with E-state index in [9.17, 15) is 13.2 Å². The quantitative estimate of drug-likeness (QED) is 0.914. The molecule has 6 nitrogen and oxygen atoms in total. The largest absolute Gasteiger partial charge is 0.472 e. The van der Waals surface area contributed by atoms with Gasteiger partial charge in [-0.1, -0.05) is 12.8 Å². The number of nitrogens with one attached hydrogen (secondary N) is 1. The summed E-state index contributed by atoms with van der Waals surface area (Å²) in [6.07, 6.45) is 8.18. The van der Waals surface area contributed by atoms with Crippen molar-refractivity contribution in [1.29, 1.82) is 0 Å². The number of hydrogen-bond acceptors (Lipinski definition) is 4. The summed E-state index contributed by atoms with van der Waals surface area (Å²) in [6, 6.07) is 1.68. The number of carbonyl (C=O) groups is 1. The minimum atomic E-state index is -3.37. The van der Waals surface area contributed by atoms with Gasteiger partial charge in [0.2, 0.25) is 10.0 Å². The Kier molecular flexibility index (Phi) is 4.54. The molecule has 1 aromatic heterocycles. The molecule has 1 saturated carbocycles. The number of furan rings is 1. The molecule has 0 spiro atoms. The van der Waals surface area contributed by atoms with E-state index in [0.29, 0.717) is 24.9 Å². The normalized spacial score (nSPS) is 23.8. The van der Waals surface area contributed by atoms with Crippen LogP contribution in [-0.4, -0.2) is 43.6 Å². The number of amides is 1. The molecule has 2 aliphatic rings. The van der Waals surface area contributed by atoms with Gasteiger partial charge in [0.1, 0.15) is 6.26 Å². The van der Waals surface area contributed by atoms with Crippen molar-refractivity contribution in [3.05, 3.63) is 24.2 Å². The van der Waals surface area contributed by atoms with Crippen molar-refractivity contribution in [2.75, 3.05) is 13.1 Å². The number of piperidine rings is 1. The fourth-order valence-electron chi connectivity index (χ4n) is 3.32. The van der Waals surface area contributed by atoms with Crippen LogP contribution in [0.5, 0.6) is 0 Å². The number of carbonyl (C=O) groups excluding carboxylic acids is 1. The van der Waals surface area contributed by atoms with Crippen LogP contribution in [0.4, 0.5) is 0 Å². The monoisotopic (exact) mass is 326 g/mol. The Labute approximate surface area is 130 Å². The third-order valence-corrected chi connectivity index (χ3v) is 6.48. The van der Waals surface area contributed by atoms with Gasteiger partial charge in [-0.15, -0.1) is 0 Å². The van der Waals surface area contributed by atoms with Gasteiger partial charge >= 0.3 is 0 Å². The van der Waals surface area contributed by atoms with Crippen LogP contribution in [0.25, 0.3) is 0 Å². The second-order valence-electron chi connectivity index (χ2n) is 6.17. The van der Waals surface area contributed by atoms with Gasteiger partial charge in [-0.3, -0.25) is 4.79 Å². The lowest BCUT2D eigenvalue weighted by molar-refractivity contribution is 0.0726. The van der Waals surface area contributed by atoms with Crippen molar-refractivity contribution in [2.45, 2.75) is 49.8 Å². The first kappa shape index (κ1) is 15.6. The zero-order valence-corrected chi connectivity index (χ0v) is 13.3. The Morgan fingerprint density at radius 2 is 2.00 bits per heavy atom. The summed E-state index contributed by atoms with van der Waals surface area (Å²) in [6.45, 7) is 0.853. The molecule has 2 heterocycles. The molecule has 3 rings (SSSR count). The number of rotatable bonds is 4. The molecule has 1 amide bonds. The fraction of sp³-hybridized carbons (Fsp3) is 0.667. The molecule has 1 saturated heterocycles. The molecule has 1 aliphatic carbocycles. The van der Waals surface area contributed by atoms with Crippen molar-refractivity contribution in [1.82, 2.24) is 9.62 Å². The Morgan fingerprint density at radius 3 is 2.68 bits per heavy atom. The molecule has 7 heteroatoms. The van der Waals surface area contributed by atoms with Crippen molar-refractivity contribution in [3.8, 4) is 0 Å². The second kappa shape index (κ2) is 6.42. The molecule has 1 aromatic rings. The Bertz CT molecular complexity index is 605. The standard InChI is InChI=1S/C15H22N2O4S/c18-15(12-7-9-21-11-12)17-8-3-6-14(10-17)22(19,20)16-13-4-1-2-5-13/h7,9,11,13-14,16H,1-6,8,10H2/t14-/m0/s1. The smallest absolute Gasteiger partial charge is 0.257 e. The third-order valence-electron chi connectivity index (χ3n) is 4.56. The first-order valence-electron chi connectivity index (χ1n) is 7.89. The van der Waals surface area contributed by atoms with Crippen molar-refractivity contribution < 1.29 is 17.6 Å². The minimum absolute atomic E-state index is 0.0740. The topological polar surface area (TPSA) is 79.6 Å². The van der Waals surface area contributed by atoms with E-state index >= 15 is 0 Å². The fourth-order valence-corrected chi connectivity index (χ4v) is 5.06. The summed E-state index contributed by atoms with van der Waals surface area (Å²) in [5.74, 6) is -0.158. The molecule has 0 aromatic carbocycles. The molecular formula is C15H22N2O4S. The predicted molar refractivity (Wildman–Crippen MR) is 81.9 cm³/mol. The van der Waals surface area contributed by atoms with Crippen LogP contribution in [0, 0.1) is 0 Å². The Hall–Kier alpha value is -1.34.